The maximum Gasteiger partial charge on any atom is 0.294 e. The number of hydrogen-bond acceptors (Lipinski definition) is 6. The van der Waals surface area contributed by atoms with E-state index in [-0.39, 0.29) is 17.6 Å². The standard InChI is InChI=1S/C20H19Cl2N3O3S2/c21-13-7-23-8-14(22)18(13)30-20-15(25(27)28)6-16(29-20)19(26)24-17-11-2-9-1-10(4-11)5-12(17)3-9/h6-12,17H,1-5H2,(H,24,26)/t9-,10-,11-,12+,17?. The van der Waals surface area contributed by atoms with E-state index in [1.807, 2.05) is 0 Å². The summed E-state index contributed by atoms with van der Waals surface area (Å²) >= 11 is 14.5. The van der Waals surface area contributed by atoms with E-state index in [0.717, 1.165) is 34.9 Å². The first-order valence-corrected chi connectivity index (χ1v) is 12.3. The molecule has 4 saturated carbocycles. The molecule has 1 amide bonds. The Balaban J connectivity index is 1.38. The highest BCUT2D eigenvalue weighted by Gasteiger charge is 2.48. The van der Waals surface area contributed by atoms with E-state index in [9.17, 15) is 14.9 Å². The Kier molecular flexibility index (Phi) is 5.46. The van der Waals surface area contributed by atoms with E-state index in [1.54, 1.807) is 0 Å². The molecular formula is C20H19Cl2N3O3S2. The lowest BCUT2D eigenvalue weighted by Crippen LogP contribution is -2.55. The maximum absolute atomic E-state index is 13.0. The molecule has 2 aromatic heterocycles. The molecule has 0 radical (unpaired) electrons. The molecule has 2 heterocycles. The summed E-state index contributed by atoms with van der Waals surface area (Å²) in [6.07, 6.45) is 9.02. The van der Waals surface area contributed by atoms with Crippen LogP contribution in [0.4, 0.5) is 5.69 Å². The molecule has 4 bridgehead atoms. The second-order valence-electron chi connectivity index (χ2n) is 8.50. The van der Waals surface area contributed by atoms with Crippen LogP contribution >= 0.6 is 46.3 Å². The number of carbonyl (C=O) groups is 1. The van der Waals surface area contributed by atoms with E-state index >= 15 is 0 Å². The van der Waals surface area contributed by atoms with Gasteiger partial charge in [0.1, 0.15) is 9.09 Å². The molecule has 2 aromatic rings. The quantitative estimate of drug-likeness (QED) is 0.412. The monoisotopic (exact) mass is 483 g/mol. The Morgan fingerprint density at radius 1 is 1.13 bits per heavy atom. The van der Waals surface area contributed by atoms with Crippen molar-refractivity contribution in [2.24, 2.45) is 23.7 Å². The van der Waals surface area contributed by atoms with E-state index in [0.29, 0.717) is 35.9 Å². The van der Waals surface area contributed by atoms with Gasteiger partial charge in [-0.15, -0.1) is 11.3 Å². The van der Waals surface area contributed by atoms with Crippen molar-refractivity contribution in [3.05, 3.63) is 43.5 Å². The number of pyridine rings is 1. The number of thiophene rings is 1. The number of nitro groups is 1. The highest BCUT2D eigenvalue weighted by atomic mass is 35.5. The lowest BCUT2D eigenvalue weighted by Gasteiger charge is -2.54. The number of aromatic nitrogens is 1. The number of nitrogens with zero attached hydrogens (tertiary/aromatic N) is 2. The van der Waals surface area contributed by atoms with Crippen LogP contribution in [0.25, 0.3) is 0 Å². The molecule has 0 atom stereocenters. The summed E-state index contributed by atoms with van der Waals surface area (Å²) in [5.74, 6) is 2.51. The zero-order chi connectivity index (χ0) is 21.0. The van der Waals surface area contributed by atoms with Gasteiger partial charge in [0.25, 0.3) is 11.6 Å². The largest absolute Gasteiger partial charge is 0.348 e. The van der Waals surface area contributed by atoms with Crippen molar-refractivity contribution in [2.45, 2.75) is 47.3 Å². The number of nitrogens with one attached hydrogen (secondary N) is 1. The summed E-state index contributed by atoms with van der Waals surface area (Å²) in [4.78, 5) is 28.9. The first-order valence-electron chi connectivity index (χ1n) is 9.95. The van der Waals surface area contributed by atoms with Crippen LogP contribution in [0.2, 0.25) is 10.0 Å². The molecule has 1 N–H and O–H groups in total. The predicted molar refractivity (Wildman–Crippen MR) is 118 cm³/mol. The number of halogens is 2. The van der Waals surface area contributed by atoms with Crippen molar-refractivity contribution in [2.75, 3.05) is 0 Å². The van der Waals surface area contributed by atoms with Crippen LogP contribution in [0, 0.1) is 33.8 Å². The molecule has 4 fully saturated rings. The summed E-state index contributed by atoms with van der Waals surface area (Å²) in [5, 5.41) is 15.4. The van der Waals surface area contributed by atoms with Gasteiger partial charge in [0.15, 0.2) is 0 Å². The van der Waals surface area contributed by atoms with Gasteiger partial charge in [0.05, 0.1) is 19.9 Å². The Labute approximate surface area is 191 Å². The van der Waals surface area contributed by atoms with Gasteiger partial charge >= 0.3 is 0 Å². The van der Waals surface area contributed by atoms with Gasteiger partial charge < -0.3 is 5.32 Å². The smallest absolute Gasteiger partial charge is 0.294 e. The minimum atomic E-state index is -0.471. The zero-order valence-corrected chi connectivity index (χ0v) is 19.0. The minimum Gasteiger partial charge on any atom is -0.348 e. The topological polar surface area (TPSA) is 85.1 Å². The van der Waals surface area contributed by atoms with Crippen molar-refractivity contribution in [1.82, 2.24) is 10.3 Å². The Morgan fingerprint density at radius 3 is 2.30 bits per heavy atom. The van der Waals surface area contributed by atoms with Gasteiger partial charge in [-0.3, -0.25) is 19.9 Å². The molecule has 4 aliphatic carbocycles. The first kappa shape index (κ1) is 20.5. The molecule has 10 heteroatoms. The van der Waals surface area contributed by atoms with E-state index in [2.05, 4.69) is 10.3 Å². The molecule has 0 spiro atoms. The molecular weight excluding hydrogens is 465 g/mol. The van der Waals surface area contributed by atoms with Crippen LogP contribution in [0.5, 0.6) is 0 Å². The average Bonchev–Trinajstić information content (AvgIpc) is 3.11. The van der Waals surface area contributed by atoms with Crippen LogP contribution in [0.3, 0.4) is 0 Å². The van der Waals surface area contributed by atoms with Crippen LogP contribution < -0.4 is 5.32 Å². The lowest BCUT2D eigenvalue weighted by atomic mass is 9.54. The van der Waals surface area contributed by atoms with E-state index in [4.69, 9.17) is 23.2 Å². The summed E-state index contributed by atoms with van der Waals surface area (Å²) < 4.78 is 0.380. The molecule has 158 valence electrons. The molecule has 0 unspecified atom stereocenters. The van der Waals surface area contributed by atoms with Gasteiger partial charge in [-0.1, -0.05) is 35.0 Å². The van der Waals surface area contributed by atoms with Gasteiger partial charge in [-0.05, 0) is 55.8 Å². The first-order chi connectivity index (χ1) is 14.4. The van der Waals surface area contributed by atoms with Crippen LogP contribution in [0.1, 0.15) is 41.8 Å². The Morgan fingerprint density at radius 2 is 1.73 bits per heavy atom. The van der Waals surface area contributed by atoms with Crippen molar-refractivity contribution < 1.29 is 9.72 Å². The lowest BCUT2D eigenvalue weighted by molar-refractivity contribution is -0.387. The Hall–Kier alpha value is -1.35. The molecule has 6 nitrogen and oxygen atoms in total. The maximum atomic E-state index is 13.0. The Bertz CT molecular complexity index is 980. The predicted octanol–water partition coefficient (Wildman–Crippen LogP) is 6.06. The fraction of sp³-hybridized carbons (Fsp3) is 0.500. The minimum absolute atomic E-state index is 0.107. The summed E-state index contributed by atoms with van der Waals surface area (Å²) in [6.45, 7) is 0. The highest BCUT2D eigenvalue weighted by molar-refractivity contribution is 8.01. The van der Waals surface area contributed by atoms with Gasteiger partial charge in [-0.2, -0.15) is 0 Å². The normalized spacial score (nSPS) is 29.2. The third-order valence-corrected chi connectivity index (χ3v) is 9.88. The second kappa shape index (κ2) is 7.97. The van der Waals surface area contributed by atoms with Crippen LogP contribution in [-0.4, -0.2) is 21.9 Å². The summed E-state index contributed by atoms with van der Waals surface area (Å²) in [5.41, 5.74) is -0.107. The van der Waals surface area contributed by atoms with E-state index in [1.165, 1.54) is 50.6 Å². The van der Waals surface area contributed by atoms with Crippen molar-refractivity contribution in [3.8, 4) is 0 Å². The van der Waals surface area contributed by atoms with Crippen molar-refractivity contribution in [3.63, 3.8) is 0 Å². The number of rotatable bonds is 5. The van der Waals surface area contributed by atoms with Crippen LogP contribution in [0.15, 0.2) is 27.6 Å². The average molecular weight is 484 g/mol. The van der Waals surface area contributed by atoms with Gasteiger partial charge in [0, 0.05) is 24.5 Å². The second-order valence-corrected chi connectivity index (χ2v) is 11.7. The summed E-state index contributed by atoms with van der Waals surface area (Å²) in [6, 6.07) is 1.55. The molecule has 30 heavy (non-hydrogen) atoms. The zero-order valence-electron chi connectivity index (χ0n) is 15.8. The third kappa shape index (κ3) is 3.72. The highest BCUT2D eigenvalue weighted by Crippen LogP contribution is 2.54. The fourth-order valence-electron chi connectivity index (χ4n) is 5.65. The number of hydrogen-bond donors (Lipinski definition) is 1. The van der Waals surface area contributed by atoms with Gasteiger partial charge in [-0.25, -0.2) is 0 Å². The molecule has 6 rings (SSSR count). The fourth-order valence-corrected chi connectivity index (χ4v) is 8.42. The van der Waals surface area contributed by atoms with Crippen molar-refractivity contribution >= 4 is 57.9 Å². The molecule has 0 aromatic carbocycles. The third-order valence-electron chi connectivity index (χ3n) is 6.63. The molecule has 0 aliphatic heterocycles. The van der Waals surface area contributed by atoms with Gasteiger partial charge in [0.2, 0.25) is 0 Å². The summed E-state index contributed by atoms with van der Waals surface area (Å²) in [7, 11) is 0. The number of amides is 1. The SMILES string of the molecule is O=C(NC1[C@H]2C[C@H]3C[C@H](C2)C[C@H]1C3)c1cc([N+](=O)[O-])c(Sc2c(Cl)cncc2Cl)s1. The van der Waals surface area contributed by atoms with Crippen molar-refractivity contribution in [1.29, 1.82) is 0 Å². The number of carbonyl (C=O) groups excluding carboxylic acids is 1. The van der Waals surface area contributed by atoms with E-state index < -0.39 is 4.92 Å². The molecule has 4 aliphatic rings. The molecule has 0 saturated heterocycles. The van der Waals surface area contributed by atoms with Crippen LogP contribution in [-0.2, 0) is 0 Å².